The number of nitrogens with zero attached hydrogens (tertiary/aromatic N) is 4. The summed E-state index contributed by atoms with van der Waals surface area (Å²) in [7, 11) is 0. The fraction of sp³-hybridized carbons (Fsp3) is 0. The van der Waals surface area contributed by atoms with Gasteiger partial charge in [-0.2, -0.15) is 5.10 Å². The van der Waals surface area contributed by atoms with Crippen molar-refractivity contribution in [3.8, 4) is 5.69 Å². The molecule has 0 bridgehead atoms. The molecule has 0 saturated heterocycles. The van der Waals surface area contributed by atoms with Gasteiger partial charge in [-0.25, -0.2) is 27.5 Å². The average Bonchev–Trinajstić information content (AvgIpc) is 3.11. The number of fused-ring (bicyclic) bond motifs is 1. The lowest BCUT2D eigenvalue weighted by Crippen LogP contribution is -2.33. The number of aromatic nitrogens is 4. The van der Waals surface area contributed by atoms with Crippen molar-refractivity contribution in [3.05, 3.63) is 88.4 Å². The number of nitrogens with one attached hydrogen (secondary N) is 1. The zero-order chi connectivity index (χ0) is 19.8. The molecule has 0 spiro atoms. The number of carbonyl (C=O) groups excluding carboxylic acids is 1. The van der Waals surface area contributed by atoms with E-state index in [2.05, 4.69) is 15.5 Å². The number of hydrogen-bond donors (Lipinski definition) is 1. The Labute approximate surface area is 154 Å². The predicted molar refractivity (Wildman–Crippen MR) is 93.1 cm³/mol. The van der Waals surface area contributed by atoms with Crippen LogP contribution in [0.2, 0.25) is 0 Å². The Morgan fingerprint density at radius 2 is 1.75 bits per heavy atom. The molecule has 140 valence electrons. The number of halogens is 3. The molecule has 4 aromatic rings. The second kappa shape index (κ2) is 6.65. The van der Waals surface area contributed by atoms with Gasteiger partial charge in [0, 0.05) is 5.56 Å². The lowest BCUT2D eigenvalue weighted by molar-refractivity contribution is 0.101. The van der Waals surface area contributed by atoms with Crippen LogP contribution in [0.25, 0.3) is 16.7 Å². The Morgan fingerprint density at radius 1 is 1.00 bits per heavy atom. The Bertz CT molecular complexity index is 1260. The van der Waals surface area contributed by atoms with Crippen LogP contribution in [0.1, 0.15) is 10.4 Å². The third-order valence-electron chi connectivity index (χ3n) is 3.96. The van der Waals surface area contributed by atoms with Crippen LogP contribution < -0.4 is 11.0 Å². The molecular formula is C18H10F3N5O2. The fourth-order valence-electron chi connectivity index (χ4n) is 2.57. The van der Waals surface area contributed by atoms with Crippen molar-refractivity contribution < 1.29 is 18.0 Å². The molecule has 0 atom stereocenters. The van der Waals surface area contributed by atoms with Crippen LogP contribution in [0.15, 0.2) is 59.8 Å². The molecule has 2 aromatic carbocycles. The summed E-state index contributed by atoms with van der Waals surface area (Å²) in [6.07, 6.45) is 2.32. The maximum absolute atomic E-state index is 13.3. The highest BCUT2D eigenvalue weighted by molar-refractivity contribution is 6.00. The third-order valence-corrected chi connectivity index (χ3v) is 3.96. The van der Waals surface area contributed by atoms with Gasteiger partial charge in [-0.1, -0.05) is 0 Å². The number of carbonyl (C=O) groups is 1. The molecule has 2 aromatic heterocycles. The molecule has 2 heterocycles. The lowest BCUT2D eigenvalue weighted by Gasteiger charge is -2.08. The minimum atomic E-state index is -1.19. The molecule has 0 fully saturated rings. The quantitative estimate of drug-likeness (QED) is 0.587. The van der Waals surface area contributed by atoms with Crippen LogP contribution in [0.4, 0.5) is 13.2 Å². The molecule has 0 radical (unpaired) electrons. The summed E-state index contributed by atoms with van der Waals surface area (Å²) in [5.41, 5.74) is 2.14. The fourth-order valence-corrected chi connectivity index (χ4v) is 2.57. The van der Waals surface area contributed by atoms with Gasteiger partial charge in [-0.15, -0.1) is 0 Å². The summed E-state index contributed by atoms with van der Waals surface area (Å²) >= 11 is 0. The summed E-state index contributed by atoms with van der Waals surface area (Å²) in [5.74, 6) is -3.53. The third kappa shape index (κ3) is 3.00. The van der Waals surface area contributed by atoms with Crippen molar-refractivity contribution in [2.75, 3.05) is 5.43 Å². The molecule has 0 aliphatic carbocycles. The van der Waals surface area contributed by atoms with E-state index in [0.29, 0.717) is 11.8 Å². The summed E-state index contributed by atoms with van der Waals surface area (Å²) < 4.78 is 41.5. The van der Waals surface area contributed by atoms with Crippen molar-refractivity contribution >= 4 is 16.9 Å². The second-order valence-corrected chi connectivity index (χ2v) is 5.76. The largest absolute Gasteiger partial charge is 0.283 e. The van der Waals surface area contributed by atoms with Crippen LogP contribution in [0.3, 0.4) is 0 Å². The Kier molecular flexibility index (Phi) is 4.15. The highest BCUT2D eigenvalue weighted by Gasteiger charge is 2.15. The zero-order valence-corrected chi connectivity index (χ0v) is 13.9. The summed E-state index contributed by atoms with van der Waals surface area (Å²) in [5, 5.41) is 4.17. The van der Waals surface area contributed by atoms with E-state index in [-0.39, 0.29) is 16.6 Å². The maximum Gasteiger partial charge on any atom is 0.283 e. The molecular weight excluding hydrogens is 375 g/mol. The van der Waals surface area contributed by atoms with Crippen molar-refractivity contribution in [3.63, 3.8) is 0 Å². The molecule has 0 unspecified atom stereocenters. The van der Waals surface area contributed by atoms with E-state index in [1.54, 1.807) is 0 Å². The van der Waals surface area contributed by atoms with Crippen molar-refractivity contribution in [2.24, 2.45) is 0 Å². The number of benzene rings is 2. The minimum absolute atomic E-state index is 0.0948. The zero-order valence-electron chi connectivity index (χ0n) is 13.9. The molecule has 4 rings (SSSR count). The summed E-state index contributed by atoms with van der Waals surface area (Å²) in [4.78, 5) is 28.9. The van der Waals surface area contributed by atoms with Crippen LogP contribution in [0, 0.1) is 17.5 Å². The minimum Gasteiger partial charge on any atom is -0.267 e. The molecule has 0 saturated carbocycles. The molecule has 1 amide bonds. The van der Waals surface area contributed by atoms with E-state index in [0.717, 1.165) is 23.1 Å². The second-order valence-electron chi connectivity index (χ2n) is 5.76. The highest BCUT2D eigenvalue weighted by Crippen LogP contribution is 2.14. The first-order valence-electron chi connectivity index (χ1n) is 7.92. The van der Waals surface area contributed by atoms with E-state index >= 15 is 0 Å². The van der Waals surface area contributed by atoms with E-state index in [1.165, 1.54) is 35.1 Å². The first-order chi connectivity index (χ1) is 13.4. The van der Waals surface area contributed by atoms with Gasteiger partial charge < -0.3 is 0 Å². The first-order valence-corrected chi connectivity index (χ1v) is 7.92. The van der Waals surface area contributed by atoms with Gasteiger partial charge in [0.05, 0.1) is 11.9 Å². The number of rotatable bonds is 3. The number of hydrogen-bond acceptors (Lipinski definition) is 4. The summed E-state index contributed by atoms with van der Waals surface area (Å²) in [6, 6.07) is 8.03. The van der Waals surface area contributed by atoms with Crippen LogP contribution in [0.5, 0.6) is 0 Å². The van der Waals surface area contributed by atoms with Gasteiger partial charge in [0.1, 0.15) is 17.5 Å². The van der Waals surface area contributed by atoms with E-state index < -0.39 is 28.9 Å². The molecule has 10 heteroatoms. The standard InChI is InChI=1S/C18H10F3N5O2/c19-11-2-4-12(5-3-11)26-16-13(8-23-26)18(28)25(9-22-16)24-17(27)10-1-6-14(20)15(21)7-10/h1-9H,(H,24,27). The van der Waals surface area contributed by atoms with Gasteiger partial charge >= 0.3 is 0 Å². The lowest BCUT2D eigenvalue weighted by atomic mass is 10.2. The van der Waals surface area contributed by atoms with Gasteiger partial charge in [-0.05, 0) is 42.5 Å². The molecule has 28 heavy (non-hydrogen) atoms. The smallest absolute Gasteiger partial charge is 0.267 e. The van der Waals surface area contributed by atoms with Crippen molar-refractivity contribution in [1.82, 2.24) is 19.4 Å². The van der Waals surface area contributed by atoms with Gasteiger partial charge in [0.2, 0.25) is 0 Å². The predicted octanol–water partition coefficient (Wildman–Crippen LogP) is 2.38. The Morgan fingerprint density at radius 3 is 2.46 bits per heavy atom. The SMILES string of the molecule is O=C(Nn1cnc2c(cnn2-c2ccc(F)cc2)c1=O)c1ccc(F)c(F)c1. The monoisotopic (exact) mass is 385 g/mol. The molecule has 1 N–H and O–H groups in total. The van der Waals surface area contributed by atoms with E-state index in [9.17, 15) is 22.8 Å². The van der Waals surface area contributed by atoms with Gasteiger partial charge in [0.15, 0.2) is 17.3 Å². The van der Waals surface area contributed by atoms with Gasteiger partial charge in [0.25, 0.3) is 11.5 Å². The maximum atomic E-state index is 13.3. The topological polar surface area (TPSA) is 81.8 Å². The average molecular weight is 385 g/mol. The Balaban J connectivity index is 1.69. The van der Waals surface area contributed by atoms with Crippen LogP contribution in [-0.2, 0) is 0 Å². The van der Waals surface area contributed by atoms with Crippen LogP contribution in [-0.4, -0.2) is 25.3 Å². The van der Waals surface area contributed by atoms with E-state index in [1.807, 2.05) is 0 Å². The van der Waals surface area contributed by atoms with E-state index in [4.69, 9.17) is 0 Å². The number of amides is 1. The molecule has 7 nitrogen and oxygen atoms in total. The van der Waals surface area contributed by atoms with Gasteiger partial charge in [-0.3, -0.25) is 15.0 Å². The van der Waals surface area contributed by atoms with Crippen molar-refractivity contribution in [1.29, 1.82) is 0 Å². The summed E-state index contributed by atoms with van der Waals surface area (Å²) in [6.45, 7) is 0. The van der Waals surface area contributed by atoms with Crippen LogP contribution >= 0.6 is 0 Å². The Hall–Kier alpha value is -3.95. The van der Waals surface area contributed by atoms with Crippen molar-refractivity contribution in [2.45, 2.75) is 0 Å². The molecule has 0 aliphatic heterocycles. The normalized spacial score (nSPS) is 11.0. The molecule has 0 aliphatic rings. The first kappa shape index (κ1) is 17.5. The highest BCUT2D eigenvalue weighted by atomic mass is 19.2.